The van der Waals surface area contributed by atoms with Gasteiger partial charge in [-0.05, 0) is 75.1 Å². The maximum absolute atomic E-state index is 12.7. The smallest absolute Gasteiger partial charge is 0.251 e. The summed E-state index contributed by atoms with van der Waals surface area (Å²) in [6.45, 7) is 9.94. The van der Waals surface area contributed by atoms with E-state index in [0.717, 1.165) is 12.0 Å². The van der Waals surface area contributed by atoms with Crippen LogP contribution in [-0.2, 0) is 10.0 Å². The highest BCUT2D eigenvalue weighted by Gasteiger charge is 2.19. The van der Waals surface area contributed by atoms with Crippen LogP contribution in [-0.4, -0.2) is 26.6 Å². The van der Waals surface area contributed by atoms with Crippen LogP contribution in [0.15, 0.2) is 42.5 Å². The van der Waals surface area contributed by atoms with E-state index < -0.39 is 10.0 Å². The average molecular weight is 403 g/mol. The van der Waals surface area contributed by atoms with Crippen molar-refractivity contribution in [2.45, 2.75) is 47.1 Å². The van der Waals surface area contributed by atoms with Crippen molar-refractivity contribution >= 4 is 21.6 Å². The van der Waals surface area contributed by atoms with E-state index in [2.05, 4.69) is 37.4 Å². The van der Waals surface area contributed by atoms with Gasteiger partial charge in [-0.3, -0.25) is 9.10 Å². The third kappa shape index (κ3) is 4.93. The number of rotatable bonds is 8. The fraction of sp³-hybridized carbons (Fsp3) is 0.409. The van der Waals surface area contributed by atoms with Crippen molar-refractivity contribution in [1.29, 1.82) is 0 Å². The molecule has 0 spiro atoms. The van der Waals surface area contributed by atoms with E-state index in [9.17, 15) is 13.2 Å². The zero-order chi connectivity index (χ0) is 20.9. The highest BCUT2D eigenvalue weighted by molar-refractivity contribution is 7.92. The van der Waals surface area contributed by atoms with Crippen LogP contribution in [0.25, 0.3) is 0 Å². The number of hydrogen-bond acceptors (Lipinski definition) is 3. The molecule has 0 saturated heterocycles. The van der Waals surface area contributed by atoms with Gasteiger partial charge in [0, 0.05) is 12.1 Å². The highest BCUT2D eigenvalue weighted by atomic mass is 32.2. The molecule has 0 aromatic heterocycles. The van der Waals surface area contributed by atoms with E-state index in [0.29, 0.717) is 17.8 Å². The van der Waals surface area contributed by atoms with Crippen molar-refractivity contribution in [2.24, 2.45) is 0 Å². The lowest BCUT2D eigenvalue weighted by molar-refractivity contribution is 0.0935. The van der Waals surface area contributed by atoms with Gasteiger partial charge in [0.25, 0.3) is 5.91 Å². The molecule has 28 heavy (non-hydrogen) atoms. The van der Waals surface area contributed by atoms with Gasteiger partial charge >= 0.3 is 0 Å². The molecule has 5 nitrogen and oxygen atoms in total. The van der Waals surface area contributed by atoms with Crippen LogP contribution >= 0.6 is 0 Å². The molecule has 0 aliphatic rings. The van der Waals surface area contributed by atoms with Crippen LogP contribution in [0.3, 0.4) is 0 Å². The summed E-state index contributed by atoms with van der Waals surface area (Å²) in [7, 11) is -3.33. The van der Waals surface area contributed by atoms with Gasteiger partial charge in [0.05, 0.1) is 17.5 Å². The van der Waals surface area contributed by atoms with Gasteiger partial charge in [-0.1, -0.05) is 25.1 Å². The third-order valence-corrected chi connectivity index (χ3v) is 6.92. The first-order chi connectivity index (χ1) is 13.2. The quantitative estimate of drug-likeness (QED) is 0.713. The fourth-order valence-corrected chi connectivity index (χ4v) is 4.27. The van der Waals surface area contributed by atoms with Crippen molar-refractivity contribution in [3.05, 3.63) is 64.7 Å². The van der Waals surface area contributed by atoms with E-state index in [1.165, 1.54) is 15.4 Å². The van der Waals surface area contributed by atoms with Crippen LogP contribution in [0.1, 0.15) is 60.3 Å². The van der Waals surface area contributed by atoms with Gasteiger partial charge < -0.3 is 5.32 Å². The van der Waals surface area contributed by atoms with Crippen molar-refractivity contribution in [2.75, 3.05) is 16.6 Å². The number of carbonyl (C=O) groups excluding carboxylic acids is 1. The lowest BCUT2D eigenvalue weighted by Gasteiger charge is -2.22. The van der Waals surface area contributed by atoms with E-state index in [1.54, 1.807) is 38.1 Å². The lowest BCUT2D eigenvalue weighted by Crippen LogP contribution is -2.32. The van der Waals surface area contributed by atoms with Gasteiger partial charge in [-0.25, -0.2) is 8.42 Å². The SMILES string of the molecule is CC[C@@H](NC(=O)c1ccc(N(CC)S(=O)(=O)CC)cc1)c1ccc(C)c(C)c1. The minimum absolute atomic E-state index is 0.0389. The van der Waals surface area contributed by atoms with E-state index in [4.69, 9.17) is 0 Å². The molecule has 0 bridgehead atoms. The molecule has 1 atom stereocenters. The van der Waals surface area contributed by atoms with E-state index in [1.807, 2.05) is 6.92 Å². The number of hydrogen-bond donors (Lipinski definition) is 1. The van der Waals surface area contributed by atoms with Crippen LogP contribution in [0.5, 0.6) is 0 Å². The monoisotopic (exact) mass is 402 g/mol. The number of nitrogens with zero attached hydrogens (tertiary/aromatic N) is 1. The van der Waals surface area contributed by atoms with E-state index in [-0.39, 0.29) is 17.7 Å². The molecule has 2 aromatic rings. The molecular weight excluding hydrogens is 372 g/mol. The number of amides is 1. The van der Waals surface area contributed by atoms with Crippen LogP contribution in [0.2, 0.25) is 0 Å². The Hall–Kier alpha value is -2.34. The number of sulfonamides is 1. The summed E-state index contributed by atoms with van der Waals surface area (Å²) in [6.07, 6.45) is 0.782. The Kier molecular flexibility index (Phi) is 7.24. The summed E-state index contributed by atoms with van der Waals surface area (Å²) in [5.41, 5.74) is 4.59. The van der Waals surface area contributed by atoms with Crippen molar-refractivity contribution in [3.63, 3.8) is 0 Å². The summed E-state index contributed by atoms with van der Waals surface area (Å²) in [6, 6.07) is 12.9. The molecule has 152 valence electrons. The van der Waals surface area contributed by atoms with Gasteiger partial charge in [-0.15, -0.1) is 0 Å². The number of aryl methyl sites for hydroxylation is 2. The summed E-state index contributed by atoms with van der Waals surface area (Å²) < 4.78 is 25.7. The summed E-state index contributed by atoms with van der Waals surface area (Å²) in [5.74, 6) is -0.130. The molecule has 0 fully saturated rings. The number of carbonyl (C=O) groups is 1. The molecule has 0 saturated carbocycles. The first kappa shape index (κ1) is 22.0. The first-order valence-electron chi connectivity index (χ1n) is 9.71. The molecule has 0 aliphatic heterocycles. The van der Waals surface area contributed by atoms with Crippen molar-refractivity contribution in [1.82, 2.24) is 5.32 Å². The predicted molar refractivity (Wildman–Crippen MR) is 115 cm³/mol. The zero-order valence-electron chi connectivity index (χ0n) is 17.3. The molecule has 0 heterocycles. The second-order valence-electron chi connectivity index (χ2n) is 6.89. The Bertz CT molecular complexity index is 921. The van der Waals surface area contributed by atoms with Crippen molar-refractivity contribution in [3.8, 4) is 0 Å². The minimum atomic E-state index is -3.33. The Morgan fingerprint density at radius 3 is 2.14 bits per heavy atom. The Morgan fingerprint density at radius 1 is 1.00 bits per heavy atom. The molecule has 6 heteroatoms. The van der Waals surface area contributed by atoms with Gasteiger partial charge in [0.1, 0.15) is 0 Å². The zero-order valence-corrected chi connectivity index (χ0v) is 18.1. The minimum Gasteiger partial charge on any atom is -0.345 e. The Labute approximate surface area is 168 Å². The van der Waals surface area contributed by atoms with Gasteiger partial charge in [-0.2, -0.15) is 0 Å². The molecule has 0 unspecified atom stereocenters. The molecule has 1 N–H and O–H groups in total. The topological polar surface area (TPSA) is 66.5 Å². The predicted octanol–water partition coefficient (Wildman–Crippen LogP) is 4.36. The second-order valence-corrected chi connectivity index (χ2v) is 9.07. The number of benzene rings is 2. The molecule has 2 rings (SSSR count). The molecule has 2 aromatic carbocycles. The van der Waals surface area contributed by atoms with Gasteiger partial charge in [0.2, 0.25) is 10.0 Å². The number of nitrogens with one attached hydrogen (secondary N) is 1. The maximum Gasteiger partial charge on any atom is 0.251 e. The fourth-order valence-electron chi connectivity index (χ4n) is 3.12. The maximum atomic E-state index is 12.7. The standard InChI is InChI=1S/C22H30N2O3S/c1-6-21(19-10-9-16(4)17(5)15-19)23-22(25)18-11-13-20(14-12-18)24(7-2)28(26,27)8-3/h9-15,21H,6-8H2,1-5H3,(H,23,25)/t21-/m1/s1. The Morgan fingerprint density at radius 2 is 1.64 bits per heavy atom. The molecule has 1 amide bonds. The summed E-state index contributed by atoms with van der Waals surface area (Å²) in [5, 5.41) is 3.08. The molecule has 0 radical (unpaired) electrons. The van der Waals surface area contributed by atoms with Crippen LogP contribution < -0.4 is 9.62 Å². The van der Waals surface area contributed by atoms with E-state index >= 15 is 0 Å². The third-order valence-electron chi connectivity index (χ3n) is 5.05. The van der Waals surface area contributed by atoms with Crippen LogP contribution in [0, 0.1) is 13.8 Å². The summed E-state index contributed by atoms with van der Waals surface area (Å²) >= 11 is 0. The van der Waals surface area contributed by atoms with Crippen LogP contribution in [0.4, 0.5) is 5.69 Å². The molecular formula is C22H30N2O3S. The van der Waals surface area contributed by atoms with Gasteiger partial charge in [0.15, 0.2) is 0 Å². The van der Waals surface area contributed by atoms with Crippen molar-refractivity contribution < 1.29 is 13.2 Å². The lowest BCUT2D eigenvalue weighted by atomic mass is 9.99. The largest absolute Gasteiger partial charge is 0.345 e. The number of anilines is 1. The summed E-state index contributed by atoms with van der Waals surface area (Å²) in [4.78, 5) is 12.7. The Balaban J connectivity index is 2.18. The highest BCUT2D eigenvalue weighted by Crippen LogP contribution is 2.22. The normalized spacial score (nSPS) is 12.5. The average Bonchev–Trinajstić information content (AvgIpc) is 2.69. The second kappa shape index (κ2) is 9.24. The molecule has 0 aliphatic carbocycles. The first-order valence-corrected chi connectivity index (χ1v) is 11.3.